The van der Waals surface area contributed by atoms with Crippen molar-refractivity contribution in [3.05, 3.63) is 47.0 Å². The average molecular weight is 666 g/mol. The number of hydrogen-bond donors (Lipinski definition) is 1. The number of rotatable bonds is 13. The average Bonchev–Trinajstić information content (AvgIpc) is 3.61. The van der Waals surface area contributed by atoms with Crippen molar-refractivity contribution >= 4 is 39.5 Å². The Morgan fingerprint density at radius 1 is 1.02 bits per heavy atom. The van der Waals surface area contributed by atoms with Gasteiger partial charge in [0.15, 0.2) is 0 Å². The summed E-state index contributed by atoms with van der Waals surface area (Å²) >= 11 is 5.88. The zero-order chi connectivity index (χ0) is 32.0. The van der Waals surface area contributed by atoms with Crippen LogP contribution < -0.4 is 9.64 Å². The van der Waals surface area contributed by atoms with Gasteiger partial charge in [-0.2, -0.15) is 8.42 Å². The summed E-state index contributed by atoms with van der Waals surface area (Å²) in [6, 6.07) is 4.58. The van der Waals surface area contributed by atoms with Crippen molar-refractivity contribution in [2.75, 3.05) is 50.0 Å². The number of fused-ring (bicyclic) bond motifs is 1. The van der Waals surface area contributed by atoms with E-state index in [9.17, 15) is 22.4 Å². The fraction of sp³-hybridized carbons (Fsp3) is 0.613. The number of amides is 2. The molecule has 2 atom stereocenters. The summed E-state index contributed by atoms with van der Waals surface area (Å²) in [6.07, 6.45) is 8.75. The number of halogens is 2. The van der Waals surface area contributed by atoms with Gasteiger partial charge in [0.25, 0.3) is 10.1 Å². The quantitative estimate of drug-likeness (QED) is 0.249. The summed E-state index contributed by atoms with van der Waals surface area (Å²) in [6.45, 7) is 3.85. The Kier molecular flexibility index (Phi) is 11.1. The van der Waals surface area contributed by atoms with E-state index in [0.29, 0.717) is 60.9 Å². The summed E-state index contributed by atoms with van der Waals surface area (Å²) < 4.78 is 51.4. The Bertz CT molecular complexity index is 1440. The van der Waals surface area contributed by atoms with Crippen molar-refractivity contribution in [3.63, 3.8) is 0 Å². The molecule has 1 aromatic carbocycles. The van der Waals surface area contributed by atoms with Crippen LogP contribution in [-0.2, 0) is 26.1 Å². The lowest BCUT2D eigenvalue weighted by molar-refractivity contribution is -0.134. The number of hydrogen-bond acceptors (Lipinski definition) is 8. The van der Waals surface area contributed by atoms with Crippen LogP contribution in [0.2, 0.25) is 5.02 Å². The van der Waals surface area contributed by atoms with Gasteiger partial charge < -0.3 is 19.4 Å². The van der Waals surface area contributed by atoms with Gasteiger partial charge in [-0.15, -0.1) is 0 Å². The van der Waals surface area contributed by atoms with Crippen LogP contribution in [0.4, 0.5) is 10.3 Å². The predicted molar refractivity (Wildman–Crippen MR) is 167 cm³/mol. The summed E-state index contributed by atoms with van der Waals surface area (Å²) in [5.41, 5.74) is 0.313. The highest BCUT2D eigenvalue weighted by atomic mass is 35.5. The number of nitrogens with zero attached hydrogens (tertiary/aromatic N) is 5. The molecule has 1 N–H and O–H groups in total. The molecule has 3 saturated heterocycles. The van der Waals surface area contributed by atoms with Crippen molar-refractivity contribution in [1.82, 2.24) is 19.8 Å². The summed E-state index contributed by atoms with van der Waals surface area (Å²) in [5.74, 6) is 0.854. The Hall–Kier alpha value is -3.03. The summed E-state index contributed by atoms with van der Waals surface area (Å²) in [7, 11) is -4.03. The first-order valence-electron chi connectivity index (χ1n) is 15.7. The molecule has 2 amide bonds. The molecule has 0 saturated carbocycles. The third-order valence-electron chi connectivity index (χ3n) is 9.16. The zero-order valence-electron chi connectivity index (χ0n) is 25.3. The maximum atomic E-state index is 14.9. The van der Waals surface area contributed by atoms with Gasteiger partial charge >= 0.3 is 0 Å². The molecule has 14 heteroatoms. The molecule has 0 radical (unpaired) electrons. The van der Waals surface area contributed by atoms with Crippen molar-refractivity contribution in [3.8, 4) is 5.75 Å². The third kappa shape index (κ3) is 9.26. The summed E-state index contributed by atoms with van der Waals surface area (Å²) in [5, 5.41) is 0.525. The van der Waals surface area contributed by atoms with E-state index in [4.69, 9.17) is 20.9 Å². The second-order valence-electron chi connectivity index (χ2n) is 12.3. The number of benzene rings is 1. The monoisotopic (exact) mass is 665 g/mol. The molecule has 11 nitrogen and oxygen atoms in total. The number of ether oxygens (including phenoxy) is 1. The molecule has 45 heavy (non-hydrogen) atoms. The number of piperidine rings is 1. The van der Waals surface area contributed by atoms with Crippen LogP contribution in [0, 0.1) is 17.7 Å². The van der Waals surface area contributed by atoms with E-state index in [1.807, 2.05) is 0 Å². The second kappa shape index (κ2) is 15.0. The topological polar surface area (TPSA) is 133 Å². The number of aromatic nitrogens is 2. The predicted octanol–water partition coefficient (Wildman–Crippen LogP) is 4.00. The van der Waals surface area contributed by atoms with Crippen molar-refractivity contribution in [2.24, 2.45) is 11.8 Å². The Balaban J connectivity index is 1.00. The molecule has 0 spiro atoms. The van der Waals surface area contributed by atoms with Gasteiger partial charge in [-0.1, -0.05) is 17.7 Å². The maximum absolute atomic E-state index is 14.9. The van der Waals surface area contributed by atoms with Gasteiger partial charge in [-0.3, -0.25) is 14.1 Å². The zero-order valence-corrected chi connectivity index (χ0v) is 26.9. The van der Waals surface area contributed by atoms with Crippen LogP contribution >= 0.6 is 11.6 Å². The first-order valence-corrected chi connectivity index (χ1v) is 17.7. The summed E-state index contributed by atoms with van der Waals surface area (Å²) in [4.78, 5) is 40.1. The Morgan fingerprint density at radius 2 is 1.78 bits per heavy atom. The van der Waals surface area contributed by atoms with Crippen LogP contribution in [0.3, 0.4) is 0 Å². The minimum atomic E-state index is -4.03. The van der Waals surface area contributed by atoms with E-state index in [1.165, 1.54) is 6.07 Å². The van der Waals surface area contributed by atoms with Gasteiger partial charge in [-0.25, -0.2) is 14.4 Å². The van der Waals surface area contributed by atoms with E-state index in [1.54, 1.807) is 34.3 Å². The van der Waals surface area contributed by atoms with E-state index in [2.05, 4.69) is 14.9 Å². The Morgan fingerprint density at radius 3 is 2.49 bits per heavy atom. The van der Waals surface area contributed by atoms with Crippen LogP contribution in [0.15, 0.2) is 30.6 Å². The normalized spacial score (nSPS) is 20.5. The molecular formula is C31H41ClFN5O6S. The molecule has 0 aliphatic carbocycles. The highest BCUT2D eigenvalue weighted by Gasteiger charge is 2.44. The lowest BCUT2D eigenvalue weighted by Crippen LogP contribution is -2.41. The third-order valence-corrected chi connectivity index (χ3v) is 10.2. The van der Waals surface area contributed by atoms with Gasteiger partial charge in [0.1, 0.15) is 11.6 Å². The highest BCUT2D eigenvalue weighted by molar-refractivity contribution is 7.85. The van der Waals surface area contributed by atoms with Gasteiger partial charge in [0.2, 0.25) is 17.8 Å². The van der Waals surface area contributed by atoms with Crippen LogP contribution in [-0.4, -0.2) is 95.7 Å². The van der Waals surface area contributed by atoms with Crippen molar-refractivity contribution < 1.29 is 31.7 Å². The van der Waals surface area contributed by atoms with Gasteiger partial charge in [0.05, 0.1) is 42.2 Å². The lowest BCUT2D eigenvalue weighted by atomic mass is 9.92. The minimum absolute atomic E-state index is 0.0606. The molecule has 3 aliphatic rings. The lowest BCUT2D eigenvalue weighted by Gasteiger charge is -2.31. The number of carbonyl (C=O) groups is 2. The first kappa shape index (κ1) is 33.3. The molecule has 4 heterocycles. The van der Waals surface area contributed by atoms with Crippen LogP contribution in [0.25, 0.3) is 0 Å². The van der Waals surface area contributed by atoms with Gasteiger partial charge in [0, 0.05) is 51.1 Å². The molecule has 246 valence electrons. The molecule has 2 aromatic rings. The first-order chi connectivity index (χ1) is 21.6. The number of unbranched alkanes of at least 4 members (excludes halogenated alkanes) is 1. The molecule has 1 aromatic heterocycles. The van der Waals surface area contributed by atoms with E-state index < -0.39 is 15.9 Å². The number of anilines is 1. The van der Waals surface area contributed by atoms with E-state index >= 15 is 0 Å². The largest absolute Gasteiger partial charge is 0.493 e. The Labute approximate surface area is 268 Å². The molecule has 3 aliphatic heterocycles. The smallest absolute Gasteiger partial charge is 0.264 e. The van der Waals surface area contributed by atoms with E-state index in [-0.39, 0.29) is 48.8 Å². The van der Waals surface area contributed by atoms with Gasteiger partial charge in [-0.05, 0) is 62.5 Å². The van der Waals surface area contributed by atoms with Crippen LogP contribution in [0.5, 0.6) is 5.75 Å². The van der Waals surface area contributed by atoms with Crippen molar-refractivity contribution in [1.29, 1.82) is 0 Å². The molecule has 5 rings (SSSR count). The fourth-order valence-electron chi connectivity index (χ4n) is 6.67. The SMILES string of the molecule is O=C(Cc1ccc(OCCCC2CCN(c3ncc(Cl)cn3)CC2)cc1F)N1C[C@@H]2CCN(C(=O)CCCCS(=O)(=O)O)[C@@H]2C1. The second-order valence-corrected chi connectivity index (χ2v) is 14.3. The molecule has 0 bridgehead atoms. The van der Waals surface area contributed by atoms with E-state index in [0.717, 1.165) is 45.2 Å². The van der Waals surface area contributed by atoms with Crippen LogP contribution in [0.1, 0.15) is 56.9 Å². The molecular weight excluding hydrogens is 625 g/mol. The standard InChI is InChI=1S/C31H41ClFN5O6S/c32-25-18-34-31(35-19-25)36-11-8-22(9-12-36)4-3-14-44-26-7-6-23(27(33)17-26)16-30(40)37-20-24-10-13-38(28(24)21-37)29(39)5-1-2-15-45(41,42)43/h6-7,17-19,22,24,28H,1-5,8-16,20-21H2,(H,41,42,43)/t24-,28+/m0/s1. The number of likely N-dealkylation sites (tertiary alicyclic amines) is 2. The maximum Gasteiger partial charge on any atom is 0.264 e. The van der Waals surface area contributed by atoms with Crippen molar-refractivity contribution in [2.45, 2.75) is 63.8 Å². The molecule has 3 fully saturated rings. The number of carbonyl (C=O) groups excluding carboxylic acids is 2. The molecule has 0 unspecified atom stereocenters. The highest BCUT2D eigenvalue weighted by Crippen LogP contribution is 2.33. The minimum Gasteiger partial charge on any atom is -0.493 e. The fourth-order valence-corrected chi connectivity index (χ4v) is 7.33.